The van der Waals surface area contributed by atoms with Gasteiger partial charge in [-0.1, -0.05) is 69.7 Å². The van der Waals surface area contributed by atoms with Gasteiger partial charge in [-0.2, -0.15) is 0 Å². The molecule has 2 unspecified atom stereocenters. The van der Waals surface area contributed by atoms with Crippen LogP contribution in [0.2, 0.25) is 0 Å². The van der Waals surface area contributed by atoms with Crippen molar-refractivity contribution in [1.29, 1.82) is 0 Å². The highest BCUT2D eigenvalue weighted by Crippen LogP contribution is 2.59. The van der Waals surface area contributed by atoms with E-state index in [9.17, 15) is 10.2 Å². The van der Waals surface area contributed by atoms with E-state index in [2.05, 4.69) is 44.7 Å². The van der Waals surface area contributed by atoms with Gasteiger partial charge in [0.1, 0.15) is 0 Å². The average molecular weight is 429 g/mol. The Morgan fingerprint density at radius 1 is 1.16 bits per heavy atom. The monoisotopic (exact) mass is 428 g/mol. The van der Waals surface area contributed by atoms with Gasteiger partial charge in [0.25, 0.3) is 0 Å². The lowest BCUT2D eigenvalue weighted by molar-refractivity contribution is 0.0832. The number of fused-ring (bicyclic) bond motifs is 1. The standard InChI is InChI=1S/C27H42O2.C2H6/c1-19(8-6-16-26(3,4)29)23-14-15-24-22(9-7-17-27(23,24)5)13-12-21-11-10-20(2)25(28)18-21;1-2/h6,8,12-13,19,23-25,28-29H,2,7,9-11,14-18H2,1,3-5H3;1-2H3/b8-6+,21-12-,22-13+;/t19-,23?,24?,25+,27+;/m0./s1. The van der Waals surface area contributed by atoms with Crippen molar-refractivity contribution in [2.24, 2.45) is 23.2 Å². The first kappa shape index (κ1) is 26.1. The van der Waals surface area contributed by atoms with Crippen LogP contribution in [0.4, 0.5) is 0 Å². The number of hydrogen-bond acceptors (Lipinski definition) is 2. The molecule has 0 heterocycles. The lowest BCUT2D eigenvalue weighted by atomic mass is 9.61. The van der Waals surface area contributed by atoms with Gasteiger partial charge in [0.2, 0.25) is 0 Å². The summed E-state index contributed by atoms with van der Waals surface area (Å²) in [4.78, 5) is 0. The molecule has 0 aromatic rings. The van der Waals surface area contributed by atoms with Crippen LogP contribution in [0.25, 0.3) is 0 Å². The van der Waals surface area contributed by atoms with Crippen LogP contribution in [0.3, 0.4) is 0 Å². The fourth-order valence-electron chi connectivity index (χ4n) is 6.21. The molecule has 31 heavy (non-hydrogen) atoms. The zero-order chi connectivity index (χ0) is 23.2. The molecule has 5 atom stereocenters. The van der Waals surface area contributed by atoms with E-state index in [0.717, 1.165) is 37.2 Å². The van der Waals surface area contributed by atoms with E-state index in [1.807, 2.05) is 27.7 Å². The van der Waals surface area contributed by atoms with Crippen molar-refractivity contribution in [3.05, 3.63) is 47.6 Å². The summed E-state index contributed by atoms with van der Waals surface area (Å²) in [7, 11) is 0. The third-order valence-corrected chi connectivity index (χ3v) is 7.96. The van der Waals surface area contributed by atoms with Crippen molar-refractivity contribution < 1.29 is 10.2 Å². The molecule has 0 amide bonds. The average Bonchev–Trinajstić information content (AvgIpc) is 3.07. The van der Waals surface area contributed by atoms with Crippen LogP contribution in [0.5, 0.6) is 0 Å². The molecular weight excluding hydrogens is 380 g/mol. The maximum absolute atomic E-state index is 10.1. The molecule has 2 N–H and O–H groups in total. The second-order valence-corrected chi connectivity index (χ2v) is 10.8. The Bertz CT molecular complexity index is 690. The summed E-state index contributed by atoms with van der Waals surface area (Å²) in [6.45, 7) is 16.6. The van der Waals surface area contributed by atoms with Crippen molar-refractivity contribution in [2.75, 3.05) is 0 Å². The summed E-state index contributed by atoms with van der Waals surface area (Å²) in [6, 6.07) is 0. The summed E-state index contributed by atoms with van der Waals surface area (Å²) in [5.74, 6) is 1.98. The molecule has 0 radical (unpaired) electrons. The van der Waals surface area contributed by atoms with E-state index in [1.54, 1.807) is 5.57 Å². The zero-order valence-electron chi connectivity index (χ0n) is 21.1. The normalized spacial score (nSPS) is 35.2. The molecule has 0 aliphatic heterocycles. The molecule has 176 valence electrons. The smallest absolute Gasteiger partial charge is 0.0784 e. The fourth-order valence-corrected chi connectivity index (χ4v) is 6.21. The van der Waals surface area contributed by atoms with Gasteiger partial charge in [-0.3, -0.25) is 0 Å². The maximum atomic E-state index is 10.1. The topological polar surface area (TPSA) is 40.5 Å². The number of allylic oxidation sites excluding steroid dienone is 4. The summed E-state index contributed by atoms with van der Waals surface area (Å²) >= 11 is 0. The molecule has 0 bridgehead atoms. The van der Waals surface area contributed by atoms with Crippen LogP contribution in [-0.4, -0.2) is 21.9 Å². The Kier molecular flexibility index (Phi) is 9.40. The molecule has 3 rings (SSSR count). The van der Waals surface area contributed by atoms with Crippen LogP contribution in [0.1, 0.15) is 99.3 Å². The van der Waals surface area contributed by atoms with E-state index in [-0.39, 0.29) is 6.10 Å². The van der Waals surface area contributed by atoms with E-state index in [4.69, 9.17) is 0 Å². The minimum atomic E-state index is -0.619. The van der Waals surface area contributed by atoms with Crippen LogP contribution < -0.4 is 0 Å². The molecule has 3 aliphatic carbocycles. The minimum Gasteiger partial charge on any atom is -0.390 e. The Hall–Kier alpha value is -1.12. The van der Waals surface area contributed by atoms with E-state index in [0.29, 0.717) is 17.3 Å². The Labute approximate surface area is 192 Å². The minimum absolute atomic E-state index is 0.350. The number of aliphatic hydroxyl groups excluding tert-OH is 1. The van der Waals surface area contributed by atoms with E-state index >= 15 is 0 Å². The van der Waals surface area contributed by atoms with Gasteiger partial charge < -0.3 is 10.2 Å². The summed E-state index contributed by atoms with van der Waals surface area (Å²) < 4.78 is 0. The molecule has 3 fully saturated rings. The molecule has 3 saturated carbocycles. The highest BCUT2D eigenvalue weighted by atomic mass is 16.3. The van der Waals surface area contributed by atoms with Crippen molar-refractivity contribution >= 4 is 0 Å². The molecule has 0 aromatic carbocycles. The summed E-state index contributed by atoms with van der Waals surface area (Å²) in [5, 5.41) is 20.1. The predicted molar refractivity (Wildman–Crippen MR) is 134 cm³/mol. The molecular formula is C29H48O2. The highest BCUT2D eigenvalue weighted by molar-refractivity contribution is 5.28. The van der Waals surface area contributed by atoms with Crippen LogP contribution in [-0.2, 0) is 0 Å². The van der Waals surface area contributed by atoms with Crippen molar-refractivity contribution in [1.82, 2.24) is 0 Å². The van der Waals surface area contributed by atoms with E-state index < -0.39 is 5.60 Å². The van der Waals surface area contributed by atoms with Crippen LogP contribution in [0, 0.1) is 23.2 Å². The van der Waals surface area contributed by atoms with Crippen molar-refractivity contribution in [2.45, 2.75) is 111 Å². The summed E-state index contributed by atoms with van der Waals surface area (Å²) in [5.41, 5.74) is 3.78. The van der Waals surface area contributed by atoms with Crippen LogP contribution >= 0.6 is 0 Å². The Balaban J connectivity index is 0.00000166. The van der Waals surface area contributed by atoms with E-state index in [1.165, 1.54) is 37.7 Å². The van der Waals surface area contributed by atoms with Gasteiger partial charge >= 0.3 is 0 Å². The second kappa shape index (κ2) is 11.1. The summed E-state index contributed by atoms with van der Waals surface area (Å²) in [6.07, 6.45) is 18.8. The third-order valence-electron chi connectivity index (χ3n) is 7.96. The Morgan fingerprint density at radius 3 is 2.52 bits per heavy atom. The molecule has 2 nitrogen and oxygen atoms in total. The SMILES string of the molecule is C=C1CC/C(=C/C=C2\CCC[C@@]3(C)C2CCC3[C@@H](C)/C=C/CC(C)(C)O)C[C@H]1O.CC. The molecule has 0 saturated heterocycles. The first-order valence-electron chi connectivity index (χ1n) is 12.7. The lowest BCUT2D eigenvalue weighted by Crippen LogP contribution is -2.35. The van der Waals surface area contributed by atoms with Crippen LogP contribution in [0.15, 0.2) is 47.6 Å². The maximum Gasteiger partial charge on any atom is 0.0784 e. The molecule has 2 heteroatoms. The van der Waals surface area contributed by atoms with Gasteiger partial charge in [-0.05, 0) is 100 Å². The molecule has 3 aliphatic rings. The lowest BCUT2D eigenvalue weighted by Gasteiger charge is -2.44. The number of aliphatic hydroxyl groups is 2. The van der Waals surface area contributed by atoms with Gasteiger partial charge in [0.05, 0.1) is 11.7 Å². The second-order valence-electron chi connectivity index (χ2n) is 10.8. The largest absolute Gasteiger partial charge is 0.390 e. The molecule has 0 spiro atoms. The predicted octanol–water partition coefficient (Wildman–Crippen LogP) is 7.54. The number of hydrogen-bond donors (Lipinski definition) is 2. The van der Waals surface area contributed by atoms with Gasteiger partial charge in [0, 0.05) is 0 Å². The first-order chi connectivity index (χ1) is 14.6. The van der Waals surface area contributed by atoms with Crippen molar-refractivity contribution in [3.63, 3.8) is 0 Å². The van der Waals surface area contributed by atoms with Gasteiger partial charge in [-0.15, -0.1) is 0 Å². The quantitative estimate of drug-likeness (QED) is 0.444. The fraction of sp³-hybridized carbons (Fsp3) is 0.724. The third kappa shape index (κ3) is 6.68. The Morgan fingerprint density at radius 2 is 1.87 bits per heavy atom. The molecule has 0 aromatic heterocycles. The number of rotatable bonds is 5. The first-order valence-corrected chi connectivity index (χ1v) is 12.7. The highest BCUT2D eigenvalue weighted by Gasteiger charge is 2.50. The van der Waals surface area contributed by atoms with Gasteiger partial charge in [-0.25, -0.2) is 0 Å². The van der Waals surface area contributed by atoms with Gasteiger partial charge in [0.15, 0.2) is 0 Å². The zero-order valence-corrected chi connectivity index (χ0v) is 21.1. The van der Waals surface area contributed by atoms with Crippen molar-refractivity contribution in [3.8, 4) is 0 Å².